The van der Waals surface area contributed by atoms with Gasteiger partial charge in [-0.3, -0.25) is 4.79 Å². The third kappa shape index (κ3) is 4.53. The van der Waals surface area contributed by atoms with Crippen molar-refractivity contribution in [3.63, 3.8) is 0 Å². The molecule has 7 heteroatoms. The van der Waals surface area contributed by atoms with Crippen molar-refractivity contribution in [1.29, 1.82) is 0 Å². The Kier molecular flexibility index (Phi) is 5.84. The number of azide groups is 1. The number of unbranched alkanes of at least 4 members (excludes halogenated alkanes) is 1. The van der Waals surface area contributed by atoms with Crippen molar-refractivity contribution in [2.24, 2.45) is 5.11 Å². The van der Waals surface area contributed by atoms with Crippen molar-refractivity contribution in [3.05, 3.63) is 39.2 Å². The molecule has 0 atom stereocenters. The molecule has 1 rings (SSSR count). The first-order valence-electron chi connectivity index (χ1n) is 5.42. The standard InChI is InChI=1S/C11H13ClN4O2/c12-10-4-3-8(17)7-9(10)11(18)14-5-1-2-6-15-16-13/h3-4,7,17H,1-2,5-6H2,(H,14,18). The van der Waals surface area contributed by atoms with Crippen molar-refractivity contribution >= 4 is 17.5 Å². The zero-order chi connectivity index (χ0) is 13.4. The second kappa shape index (κ2) is 7.42. The van der Waals surface area contributed by atoms with Gasteiger partial charge in [0.2, 0.25) is 0 Å². The second-order valence-corrected chi connectivity index (χ2v) is 3.99. The van der Waals surface area contributed by atoms with Crippen LogP contribution in [0.5, 0.6) is 5.75 Å². The minimum absolute atomic E-state index is 0.00657. The summed E-state index contributed by atoms with van der Waals surface area (Å²) in [5.41, 5.74) is 8.31. The number of benzene rings is 1. The molecule has 0 spiro atoms. The van der Waals surface area contributed by atoms with Gasteiger partial charge < -0.3 is 10.4 Å². The Hall–Kier alpha value is -1.91. The van der Waals surface area contributed by atoms with Crippen LogP contribution in [0.2, 0.25) is 5.02 Å². The van der Waals surface area contributed by atoms with E-state index in [1.807, 2.05) is 0 Å². The predicted molar refractivity (Wildman–Crippen MR) is 68.7 cm³/mol. The Morgan fingerprint density at radius 3 is 3.00 bits per heavy atom. The Morgan fingerprint density at radius 1 is 1.50 bits per heavy atom. The maximum absolute atomic E-state index is 11.7. The molecule has 0 heterocycles. The molecule has 0 aromatic heterocycles. The number of phenols is 1. The highest BCUT2D eigenvalue weighted by Crippen LogP contribution is 2.20. The molecule has 1 aromatic carbocycles. The van der Waals surface area contributed by atoms with E-state index in [9.17, 15) is 9.90 Å². The minimum Gasteiger partial charge on any atom is -0.508 e. The largest absolute Gasteiger partial charge is 0.508 e. The summed E-state index contributed by atoms with van der Waals surface area (Å²) in [6.45, 7) is 0.880. The van der Waals surface area contributed by atoms with Crippen LogP contribution in [-0.4, -0.2) is 24.1 Å². The van der Waals surface area contributed by atoms with Crippen molar-refractivity contribution in [2.75, 3.05) is 13.1 Å². The summed E-state index contributed by atoms with van der Waals surface area (Å²) in [5, 5.41) is 15.6. The fraction of sp³-hybridized carbons (Fsp3) is 0.364. The van der Waals surface area contributed by atoms with Crippen LogP contribution in [-0.2, 0) is 0 Å². The quantitative estimate of drug-likeness (QED) is 0.359. The van der Waals surface area contributed by atoms with E-state index in [1.165, 1.54) is 18.2 Å². The maximum atomic E-state index is 11.7. The lowest BCUT2D eigenvalue weighted by molar-refractivity contribution is 0.0953. The minimum atomic E-state index is -0.334. The number of rotatable bonds is 6. The number of amides is 1. The van der Waals surface area contributed by atoms with Gasteiger partial charge in [0.1, 0.15) is 5.75 Å². The molecule has 0 aliphatic heterocycles. The van der Waals surface area contributed by atoms with Gasteiger partial charge in [-0.2, -0.15) is 0 Å². The van der Waals surface area contributed by atoms with Gasteiger partial charge in [-0.05, 0) is 36.6 Å². The number of carbonyl (C=O) groups is 1. The van der Waals surface area contributed by atoms with Crippen LogP contribution < -0.4 is 5.32 Å². The van der Waals surface area contributed by atoms with Gasteiger partial charge in [0.25, 0.3) is 5.91 Å². The lowest BCUT2D eigenvalue weighted by atomic mass is 10.2. The zero-order valence-electron chi connectivity index (χ0n) is 9.64. The summed E-state index contributed by atoms with van der Waals surface area (Å²) < 4.78 is 0. The Balaban J connectivity index is 2.41. The van der Waals surface area contributed by atoms with Gasteiger partial charge in [0.15, 0.2) is 0 Å². The average Bonchev–Trinajstić information content (AvgIpc) is 2.36. The summed E-state index contributed by atoms with van der Waals surface area (Å²) in [6, 6.07) is 4.20. The third-order valence-corrected chi connectivity index (χ3v) is 2.56. The molecule has 1 amide bonds. The molecule has 0 bridgehead atoms. The van der Waals surface area contributed by atoms with Crippen molar-refractivity contribution in [1.82, 2.24) is 5.32 Å². The number of phenolic OH excluding ortho intramolecular Hbond substituents is 1. The van der Waals surface area contributed by atoms with E-state index in [2.05, 4.69) is 15.3 Å². The van der Waals surface area contributed by atoms with Crippen molar-refractivity contribution in [3.8, 4) is 5.75 Å². The van der Waals surface area contributed by atoms with Crippen LogP contribution in [0.3, 0.4) is 0 Å². The van der Waals surface area contributed by atoms with E-state index in [-0.39, 0.29) is 17.2 Å². The molecule has 0 radical (unpaired) electrons. The number of aromatic hydroxyl groups is 1. The van der Waals surface area contributed by atoms with E-state index in [4.69, 9.17) is 17.1 Å². The number of nitrogens with zero attached hydrogens (tertiary/aromatic N) is 3. The number of nitrogens with one attached hydrogen (secondary N) is 1. The highest BCUT2D eigenvalue weighted by atomic mass is 35.5. The van der Waals surface area contributed by atoms with Crippen LogP contribution in [0, 0.1) is 0 Å². The molecular formula is C11H13ClN4O2. The Morgan fingerprint density at radius 2 is 2.28 bits per heavy atom. The summed E-state index contributed by atoms with van der Waals surface area (Å²) in [6.07, 6.45) is 1.42. The molecule has 6 nitrogen and oxygen atoms in total. The van der Waals surface area contributed by atoms with Crippen LogP contribution in [0.4, 0.5) is 0 Å². The Labute approximate surface area is 109 Å². The Bertz CT molecular complexity index is 472. The summed E-state index contributed by atoms with van der Waals surface area (Å²) in [4.78, 5) is 14.3. The van der Waals surface area contributed by atoms with Gasteiger partial charge in [-0.1, -0.05) is 16.7 Å². The van der Waals surface area contributed by atoms with Gasteiger partial charge in [-0.15, -0.1) is 0 Å². The van der Waals surface area contributed by atoms with Gasteiger partial charge in [-0.25, -0.2) is 0 Å². The number of halogens is 1. The predicted octanol–water partition coefficient (Wildman–Crippen LogP) is 2.87. The van der Waals surface area contributed by atoms with Crippen LogP contribution in [0.25, 0.3) is 10.4 Å². The highest BCUT2D eigenvalue weighted by Gasteiger charge is 2.10. The first-order valence-corrected chi connectivity index (χ1v) is 5.80. The number of hydrogen-bond donors (Lipinski definition) is 2. The number of hydrogen-bond acceptors (Lipinski definition) is 3. The van der Waals surface area contributed by atoms with Crippen molar-refractivity contribution < 1.29 is 9.90 Å². The fourth-order valence-electron chi connectivity index (χ4n) is 1.34. The zero-order valence-corrected chi connectivity index (χ0v) is 10.4. The molecule has 2 N–H and O–H groups in total. The molecule has 18 heavy (non-hydrogen) atoms. The lowest BCUT2D eigenvalue weighted by Gasteiger charge is -2.06. The maximum Gasteiger partial charge on any atom is 0.252 e. The topological polar surface area (TPSA) is 98.1 Å². The lowest BCUT2D eigenvalue weighted by Crippen LogP contribution is -2.24. The molecule has 1 aromatic rings. The molecular weight excluding hydrogens is 256 g/mol. The summed E-state index contributed by atoms with van der Waals surface area (Å²) >= 11 is 5.85. The van der Waals surface area contributed by atoms with Crippen molar-refractivity contribution in [2.45, 2.75) is 12.8 Å². The third-order valence-electron chi connectivity index (χ3n) is 2.23. The molecule has 0 fully saturated rings. The monoisotopic (exact) mass is 268 g/mol. The van der Waals surface area contributed by atoms with Crippen LogP contribution in [0.15, 0.2) is 23.3 Å². The van der Waals surface area contributed by atoms with E-state index in [0.717, 1.165) is 0 Å². The highest BCUT2D eigenvalue weighted by molar-refractivity contribution is 6.33. The first kappa shape index (κ1) is 14.2. The van der Waals surface area contributed by atoms with E-state index >= 15 is 0 Å². The average molecular weight is 269 g/mol. The molecule has 0 saturated carbocycles. The van der Waals surface area contributed by atoms with Crippen LogP contribution >= 0.6 is 11.6 Å². The van der Waals surface area contributed by atoms with E-state index in [0.29, 0.717) is 31.0 Å². The SMILES string of the molecule is [N-]=[N+]=NCCCCNC(=O)c1cc(O)ccc1Cl. The molecule has 0 saturated heterocycles. The first-order chi connectivity index (χ1) is 8.65. The summed E-state index contributed by atoms with van der Waals surface area (Å²) in [5.74, 6) is -0.340. The number of carbonyl (C=O) groups excluding carboxylic acids is 1. The second-order valence-electron chi connectivity index (χ2n) is 3.58. The molecule has 0 aliphatic carbocycles. The molecule has 0 unspecified atom stereocenters. The normalized spacial score (nSPS) is 9.61. The van der Waals surface area contributed by atoms with Gasteiger partial charge in [0.05, 0.1) is 10.6 Å². The van der Waals surface area contributed by atoms with Crippen LogP contribution in [0.1, 0.15) is 23.2 Å². The van der Waals surface area contributed by atoms with Gasteiger partial charge >= 0.3 is 0 Å². The summed E-state index contributed by atoms with van der Waals surface area (Å²) in [7, 11) is 0. The van der Waals surface area contributed by atoms with E-state index in [1.54, 1.807) is 0 Å². The fourth-order valence-corrected chi connectivity index (χ4v) is 1.54. The molecule has 96 valence electrons. The molecule has 0 aliphatic rings. The van der Waals surface area contributed by atoms with E-state index < -0.39 is 0 Å². The van der Waals surface area contributed by atoms with Gasteiger partial charge in [0, 0.05) is 18.0 Å². The smallest absolute Gasteiger partial charge is 0.252 e.